The first-order valence-electron chi connectivity index (χ1n) is 8.75. The van der Waals surface area contributed by atoms with Gasteiger partial charge in [0.2, 0.25) is 0 Å². The third-order valence-corrected chi connectivity index (χ3v) is 5.02. The maximum absolute atomic E-state index is 12.0. The lowest BCUT2D eigenvalue weighted by atomic mass is 9.98. The summed E-state index contributed by atoms with van der Waals surface area (Å²) in [7, 11) is 3.62. The van der Waals surface area contributed by atoms with Crippen LogP contribution in [0.15, 0.2) is 36.4 Å². The zero-order valence-corrected chi connectivity index (χ0v) is 14.8. The van der Waals surface area contributed by atoms with Gasteiger partial charge in [0.25, 0.3) is 5.91 Å². The number of hydrogen-bond donors (Lipinski definition) is 1. The van der Waals surface area contributed by atoms with Crippen LogP contribution in [-0.2, 0) is 13.6 Å². The molecule has 0 bridgehead atoms. The average molecular weight is 336 g/mol. The molecule has 0 aliphatic carbocycles. The van der Waals surface area contributed by atoms with Crippen LogP contribution in [-0.4, -0.2) is 29.0 Å². The summed E-state index contributed by atoms with van der Waals surface area (Å²) in [6.45, 7) is 1.85. The predicted molar refractivity (Wildman–Crippen MR) is 97.0 cm³/mol. The van der Waals surface area contributed by atoms with Crippen LogP contribution in [0.5, 0.6) is 0 Å². The van der Waals surface area contributed by atoms with Crippen molar-refractivity contribution in [3.8, 4) is 6.07 Å². The fraction of sp³-hybridized carbons (Fsp3) is 0.400. The Hall–Kier alpha value is -2.58. The fourth-order valence-corrected chi connectivity index (χ4v) is 3.71. The summed E-state index contributed by atoms with van der Waals surface area (Å²) >= 11 is 0. The van der Waals surface area contributed by atoms with Crippen molar-refractivity contribution in [3.63, 3.8) is 0 Å². The molecule has 1 N–H and O–H groups in total. The minimum Gasteiger partial charge on any atom is -0.354 e. The maximum Gasteiger partial charge on any atom is 0.267 e. The average Bonchev–Trinajstić information content (AvgIpc) is 3.03. The van der Waals surface area contributed by atoms with E-state index in [4.69, 9.17) is 5.26 Å². The summed E-state index contributed by atoms with van der Waals surface area (Å²) in [5, 5.41) is 11.8. The first-order valence-corrected chi connectivity index (χ1v) is 8.75. The number of hydrogen-bond acceptors (Lipinski definition) is 3. The lowest BCUT2D eigenvalue weighted by molar-refractivity contribution is 0.0952. The fourth-order valence-electron chi connectivity index (χ4n) is 3.71. The third kappa shape index (κ3) is 3.59. The first kappa shape index (κ1) is 17.2. The zero-order valence-electron chi connectivity index (χ0n) is 14.8. The molecular formula is C20H24N4O. The highest BCUT2D eigenvalue weighted by molar-refractivity contribution is 5.92. The molecule has 2 aromatic rings. The number of nitrogens with zero attached hydrogens (tertiary/aromatic N) is 3. The summed E-state index contributed by atoms with van der Waals surface area (Å²) in [4.78, 5) is 14.5. The molecule has 0 saturated carbocycles. The molecule has 1 fully saturated rings. The van der Waals surface area contributed by atoms with Gasteiger partial charge in [-0.25, -0.2) is 0 Å². The molecule has 3 rings (SSSR count). The number of carbonyl (C=O) groups is 1. The van der Waals surface area contributed by atoms with E-state index in [1.54, 1.807) is 7.05 Å². The molecule has 1 aliphatic rings. The van der Waals surface area contributed by atoms with Crippen molar-refractivity contribution in [1.29, 1.82) is 5.26 Å². The quantitative estimate of drug-likeness (QED) is 0.934. The Balaban J connectivity index is 1.85. The summed E-state index contributed by atoms with van der Waals surface area (Å²) in [5.41, 5.74) is 3.72. The second-order valence-electron chi connectivity index (χ2n) is 6.58. The number of benzene rings is 1. The van der Waals surface area contributed by atoms with Crippen molar-refractivity contribution < 1.29 is 4.79 Å². The summed E-state index contributed by atoms with van der Waals surface area (Å²) in [6, 6.07) is 14.3. The predicted octanol–water partition coefficient (Wildman–Crippen LogP) is 2.98. The molecule has 1 saturated heterocycles. The van der Waals surface area contributed by atoms with E-state index in [-0.39, 0.29) is 5.91 Å². The molecule has 2 heterocycles. The number of aromatic nitrogens is 1. The maximum atomic E-state index is 12.0. The minimum atomic E-state index is -0.0576. The molecule has 130 valence electrons. The van der Waals surface area contributed by atoms with Crippen LogP contribution < -0.4 is 5.32 Å². The smallest absolute Gasteiger partial charge is 0.267 e. The van der Waals surface area contributed by atoms with Crippen LogP contribution in [0.4, 0.5) is 0 Å². The van der Waals surface area contributed by atoms with Crippen molar-refractivity contribution >= 4 is 5.91 Å². The number of amides is 1. The molecule has 1 amide bonds. The van der Waals surface area contributed by atoms with Gasteiger partial charge in [-0.2, -0.15) is 5.26 Å². The van der Waals surface area contributed by atoms with E-state index in [9.17, 15) is 4.79 Å². The van der Waals surface area contributed by atoms with Gasteiger partial charge in [0, 0.05) is 26.3 Å². The van der Waals surface area contributed by atoms with Crippen LogP contribution >= 0.6 is 0 Å². The second kappa shape index (κ2) is 7.54. The van der Waals surface area contributed by atoms with Gasteiger partial charge in [-0.1, -0.05) is 18.6 Å². The van der Waals surface area contributed by atoms with Crippen molar-refractivity contribution in [1.82, 2.24) is 14.8 Å². The molecular weight excluding hydrogens is 312 g/mol. The summed E-state index contributed by atoms with van der Waals surface area (Å²) < 4.78 is 2.01. The van der Waals surface area contributed by atoms with E-state index in [1.165, 1.54) is 18.5 Å². The molecule has 1 aliphatic heterocycles. The number of piperidine rings is 1. The van der Waals surface area contributed by atoms with Gasteiger partial charge in [0.1, 0.15) is 5.69 Å². The Morgan fingerprint density at radius 2 is 2.16 bits per heavy atom. The molecule has 25 heavy (non-hydrogen) atoms. The van der Waals surface area contributed by atoms with E-state index >= 15 is 0 Å². The highest BCUT2D eigenvalue weighted by Crippen LogP contribution is 2.33. The monoisotopic (exact) mass is 336 g/mol. The third-order valence-electron chi connectivity index (χ3n) is 5.02. The molecule has 5 nitrogen and oxygen atoms in total. The van der Waals surface area contributed by atoms with Crippen LogP contribution in [0.2, 0.25) is 0 Å². The van der Waals surface area contributed by atoms with Crippen LogP contribution in [0, 0.1) is 11.3 Å². The second-order valence-corrected chi connectivity index (χ2v) is 6.58. The van der Waals surface area contributed by atoms with E-state index in [1.807, 2.05) is 35.9 Å². The van der Waals surface area contributed by atoms with Gasteiger partial charge in [-0.3, -0.25) is 9.69 Å². The Morgan fingerprint density at radius 3 is 2.92 bits per heavy atom. The van der Waals surface area contributed by atoms with Crippen LogP contribution in [0.1, 0.15) is 52.6 Å². The Morgan fingerprint density at radius 1 is 1.32 bits per heavy atom. The van der Waals surface area contributed by atoms with Gasteiger partial charge < -0.3 is 9.88 Å². The molecule has 5 heteroatoms. The van der Waals surface area contributed by atoms with Gasteiger partial charge in [-0.15, -0.1) is 0 Å². The molecule has 0 radical (unpaired) electrons. The Bertz CT molecular complexity index is 802. The number of carbonyl (C=O) groups excluding carboxylic acids is 1. The number of nitriles is 1. The van der Waals surface area contributed by atoms with E-state index in [2.05, 4.69) is 28.4 Å². The van der Waals surface area contributed by atoms with E-state index < -0.39 is 0 Å². The zero-order chi connectivity index (χ0) is 17.8. The first-order chi connectivity index (χ1) is 12.1. The summed E-state index contributed by atoms with van der Waals surface area (Å²) in [6.07, 6.45) is 3.46. The van der Waals surface area contributed by atoms with Gasteiger partial charge in [0.05, 0.1) is 17.7 Å². The normalized spacial score (nSPS) is 17.9. The number of rotatable bonds is 4. The molecule has 1 aromatic heterocycles. The highest BCUT2D eigenvalue weighted by atomic mass is 16.1. The van der Waals surface area contributed by atoms with Crippen molar-refractivity contribution in [2.45, 2.75) is 31.8 Å². The molecule has 1 unspecified atom stereocenters. The lowest BCUT2D eigenvalue weighted by Gasteiger charge is -2.36. The van der Waals surface area contributed by atoms with Crippen molar-refractivity contribution in [2.24, 2.45) is 7.05 Å². The molecule has 0 spiro atoms. The van der Waals surface area contributed by atoms with Gasteiger partial charge >= 0.3 is 0 Å². The minimum absolute atomic E-state index is 0.0576. The van der Waals surface area contributed by atoms with Gasteiger partial charge in [-0.05, 0) is 49.2 Å². The lowest BCUT2D eigenvalue weighted by Crippen LogP contribution is -2.34. The molecule has 1 atom stereocenters. The Labute approximate surface area is 148 Å². The van der Waals surface area contributed by atoms with E-state index in [0.29, 0.717) is 17.3 Å². The number of likely N-dealkylation sites (tertiary alicyclic amines) is 1. The molecule has 1 aromatic carbocycles. The van der Waals surface area contributed by atoms with Gasteiger partial charge in [0.15, 0.2) is 0 Å². The SMILES string of the molecule is CNC(=O)c1ccc(C2CCCCN2Cc2cccc(C#N)c2)n1C. The van der Waals surface area contributed by atoms with Crippen LogP contribution in [0.25, 0.3) is 0 Å². The standard InChI is InChI=1S/C20H24N4O/c1-22-20(25)19-10-9-17(23(19)2)18-8-3-4-11-24(18)14-16-7-5-6-15(12-16)13-21/h5-7,9-10,12,18H,3-4,8,11,14H2,1-2H3,(H,22,25). The largest absolute Gasteiger partial charge is 0.354 e. The number of nitrogens with one attached hydrogen (secondary N) is 1. The topological polar surface area (TPSA) is 61.1 Å². The van der Waals surface area contributed by atoms with E-state index in [0.717, 1.165) is 25.1 Å². The Kier molecular flexibility index (Phi) is 5.20. The van der Waals surface area contributed by atoms with Crippen LogP contribution in [0.3, 0.4) is 0 Å². The van der Waals surface area contributed by atoms with Crippen molar-refractivity contribution in [2.75, 3.05) is 13.6 Å². The van der Waals surface area contributed by atoms with Crippen molar-refractivity contribution in [3.05, 3.63) is 58.9 Å². The highest BCUT2D eigenvalue weighted by Gasteiger charge is 2.27. The summed E-state index contributed by atoms with van der Waals surface area (Å²) in [5.74, 6) is -0.0576.